The van der Waals surface area contributed by atoms with Gasteiger partial charge in [-0.25, -0.2) is 9.78 Å². The lowest BCUT2D eigenvalue weighted by Crippen LogP contribution is -2.52. The van der Waals surface area contributed by atoms with Crippen molar-refractivity contribution in [3.05, 3.63) is 77.1 Å². The van der Waals surface area contributed by atoms with E-state index in [9.17, 15) is 19.2 Å². The lowest BCUT2D eigenvalue weighted by molar-refractivity contribution is -0.141. The van der Waals surface area contributed by atoms with Crippen molar-refractivity contribution in [1.29, 1.82) is 0 Å². The summed E-state index contributed by atoms with van der Waals surface area (Å²) in [5.41, 5.74) is 8.18. The second kappa shape index (κ2) is 11.4. The van der Waals surface area contributed by atoms with Gasteiger partial charge in [0.1, 0.15) is 23.6 Å². The predicted octanol–water partition coefficient (Wildman–Crippen LogP) is 4.15. The van der Waals surface area contributed by atoms with Gasteiger partial charge in [0.05, 0.1) is 5.52 Å². The van der Waals surface area contributed by atoms with Crippen molar-refractivity contribution in [3.8, 4) is 0 Å². The molecule has 3 atom stereocenters. The first-order chi connectivity index (χ1) is 20.7. The van der Waals surface area contributed by atoms with Crippen LogP contribution in [0.25, 0.3) is 10.9 Å². The zero-order valence-electron chi connectivity index (χ0n) is 23.2. The number of carbonyl (C=O) groups is 4. The molecule has 1 aliphatic heterocycles. The summed E-state index contributed by atoms with van der Waals surface area (Å²) >= 11 is 5.97. The van der Waals surface area contributed by atoms with Gasteiger partial charge in [0.25, 0.3) is 5.91 Å². The average molecular weight is 601 g/mol. The number of hydrogen-bond acceptors (Lipinski definition) is 6. The zero-order valence-corrected chi connectivity index (χ0v) is 24.0. The topological polar surface area (TPSA) is 164 Å². The fourth-order valence-corrected chi connectivity index (χ4v) is 6.23. The third kappa shape index (κ3) is 5.73. The summed E-state index contributed by atoms with van der Waals surface area (Å²) < 4.78 is 1.41. The van der Waals surface area contributed by atoms with Crippen LogP contribution in [-0.4, -0.2) is 55.5 Å². The number of nitrogens with zero attached hydrogens (tertiary/aromatic N) is 4. The van der Waals surface area contributed by atoms with E-state index >= 15 is 0 Å². The second-order valence-corrected chi connectivity index (χ2v) is 11.2. The number of benzene rings is 2. The highest BCUT2D eigenvalue weighted by molar-refractivity contribution is 6.29. The Labute approximate surface area is 251 Å². The van der Waals surface area contributed by atoms with Gasteiger partial charge in [0.15, 0.2) is 5.69 Å². The lowest BCUT2D eigenvalue weighted by atomic mass is 9.97. The summed E-state index contributed by atoms with van der Waals surface area (Å²) in [6.45, 7) is 1.75. The van der Waals surface area contributed by atoms with Crippen LogP contribution in [0.1, 0.15) is 35.3 Å². The lowest BCUT2D eigenvalue weighted by Gasteiger charge is -2.34. The molecule has 2 aliphatic rings. The normalized spacial score (nSPS) is 18.9. The van der Waals surface area contributed by atoms with Crippen LogP contribution in [0.4, 0.5) is 22.0 Å². The zero-order chi connectivity index (χ0) is 30.2. The first-order valence-electron chi connectivity index (χ1n) is 13.9. The number of halogens is 1. The third-order valence-corrected chi connectivity index (χ3v) is 8.15. The van der Waals surface area contributed by atoms with Crippen LogP contribution < -0.4 is 21.7 Å². The van der Waals surface area contributed by atoms with E-state index in [4.69, 9.17) is 17.3 Å². The Bertz CT molecular complexity index is 1750. The maximum Gasteiger partial charge on any atom is 0.323 e. The highest BCUT2D eigenvalue weighted by atomic mass is 35.5. The number of pyridine rings is 1. The SMILES string of the molecule is Cc1ccc(NC(=O)Nc2ccc3c(c2)c(C(N)=O)nn3CC(=O)N2[C@@H]3CC[C@@H](C3)[C@H]2C(=O)Nc2cccc(Cl)n2)cc1. The quantitative estimate of drug-likeness (QED) is 0.233. The molecule has 12 nitrogen and oxygen atoms in total. The van der Waals surface area contributed by atoms with E-state index in [0.29, 0.717) is 28.1 Å². The number of nitrogens with one attached hydrogen (secondary N) is 3. The Morgan fingerprint density at radius 1 is 0.977 bits per heavy atom. The molecule has 0 radical (unpaired) electrons. The number of urea groups is 1. The van der Waals surface area contributed by atoms with Crippen LogP contribution in [-0.2, 0) is 16.1 Å². The third-order valence-electron chi connectivity index (χ3n) is 7.94. The van der Waals surface area contributed by atoms with Gasteiger partial charge in [0.2, 0.25) is 11.8 Å². The van der Waals surface area contributed by atoms with Gasteiger partial charge in [-0.2, -0.15) is 5.10 Å². The number of hydrogen-bond donors (Lipinski definition) is 4. The molecule has 43 heavy (non-hydrogen) atoms. The van der Waals surface area contributed by atoms with E-state index in [-0.39, 0.29) is 41.2 Å². The molecule has 0 unspecified atom stereocenters. The van der Waals surface area contributed by atoms with Crippen molar-refractivity contribution >= 4 is 63.4 Å². The molecule has 2 bridgehead atoms. The summed E-state index contributed by atoms with van der Waals surface area (Å²) in [6.07, 6.45) is 2.39. The molecule has 13 heteroatoms. The number of rotatable bonds is 7. The van der Waals surface area contributed by atoms with Crippen LogP contribution in [0, 0.1) is 12.8 Å². The van der Waals surface area contributed by atoms with Crippen LogP contribution >= 0.6 is 11.6 Å². The second-order valence-electron chi connectivity index (χ2n) is 10.9. The number of fused-ring (bicyclic) bond motifs is 3. The van der Waals surface area contributed by atoms with Crippen LogP contribution in [0.5, 0.6) is 0 Å². The van der Waals surface area contributed by atoms with E-state index in [1.165, 1.54) is 4.68 Å². The minimum Gasteiger partial charge on any atom is -0.364 e. The van der Waals surface area contributed by atoms with Crippen molar-refractivity contribution in [3.63, 3.8) is 0 Å². The predicted molar refractivity (Wildman–Crippen MR) is 162 cm³/mol. The van der Waals surface area contributed by atoms with Gasteiger partial charge in [-0.1, -0.05) is 35.4 Å². The van der Waals surface area contributed by atoms with Crippen molar-refractivity contribution in [1.82, 2.24) is 19.7 Å². The monoisotopic (exact) mass is 600 g/mol. The molecule has 2 aromatic heterocycles. The molecule has 220 valence electrons. The number of aryl methyl sites for hydroxylation is 1. The van der Waals surface area contributed by atoms with E-state index in [2.05, 4.69) is 26.0 Å². The summed E-state index contributed by atoms with van der Waals surface area (Å²) in [6, 6.07) is 16.0. The molecular formula is C30H29ClN8O4. The summed E-state index contributed by atoms with van der Waals surface area (Å²) in [5, 5.41) is 13.3. The Balaban J connectivity index is 1.21. The number of anilines is 3. The minimum absolute atomic E-state index is 0.0309. The minimum atomic E-state index is -0.774. The molecule has 1 aliphatic carbocycles. The van der Waals surface area contributed by atoms with Gasteiger partial charge < -0.3 is 26.6 Å². The fourth-order valence-electron chi connectivity index (χ4n) is 6.06. The van der Waals surface area contributed by atoms with Gasteiger partial charge >= 0.3 is 6.03 Å². The number of primary amides is 1. The van der Waals surface area contributed by atoms with E-state index in [1.807, 2.05) is 19.1 Å². The smallest absolute Gasteiger partial charge is 0.323 e. The highest BCUT2D eigenvalue weighted by Gasteiger charge is 2.51. The fraction of sp³-hybridized carbons (Fsp3) is 0.267. The van der Waals surface area contributed by atoms with Crippen LogP contribution in [0.2, 0.25) is 5.15 Å². The van der Waals surface area contributed by atoms with Gasteiger partial charge in [-0.3, -0.25) is 19.1 Å². The molecule has 6 rings (SSSR count). The molecule has 3 heterocycles. The van der Waals surface area contributed by atoms with Crippen molar-refractivity contribution < 1.29 is 19.2 Å². The van der Waals surface area contributed by atoms with Crippen molar-refractivity contribution in [2.24, 2.45) is 11.7 Å². The Hall–Kier alpha value is -4.97. The first-order valence-corrected chi connectivity index (χ1v) is 14.2. The van der Waals surface area contributed by atoms with Gasteiger partial charge in [-0.05, 0) is 74.6 Å². The Morgan fingerprint density at radius 2 is 1.72 bits per heavy atom. The molecule has 2 fully saturated rings. The van der Waals surface area contributed by atoms with Gasteiger partial charge in [-0.15, -0.1) is 0 Å². The summed E-state index contributed by atoms with van der Waals surface area (Å²) in [4.78, 5) is 57.7. The van der Waals surface area contributed by atoms with Crippen LogP contribution in [0.15, 0.2) is 60.7 Å². The summed E-state index contributed by atoms with van der Waals surface area (Å²) in [7, 11) is 0. The summed E-state index contributed by atoms with van der Waals surface area (Å²) in [5.74, 6) is -1.05. The number of amides is 5. The first kappa shape index (κ1) is 28.2. The standard InChI is InChI=1S/C30H29ClN8O4/c1-16-5-8-18(9-6-16)33-30(43)34-19-10-12-22-21(14-19)26(28(32)41)37-38(22)15-25(40)39-20-11-7-17(13-20)27(39)29(42)36-24-4-2-3-23(31)35-24/h2-6,8-10,12,14,17,20,27H,7,11,13,15H2,1H3,(H2,32,41)(H2,33,34,43)(H,35,36,42)/t17-,20+,27-/m0/s1. The molecule has 5 N–H and O–H groups in total. The largest absolute Gasteiger partial charge is 0.364 e. The molecule has 1 saturated carbocycles. The molecular weight excluding hydrogens is 572 g/mol. The average Bonchev–Trinajstić information content (AvgIpc) is 3.68. The highest BCUT2D eigenvalue weighted by Crippen LogP contribution is 2.43. The van der Waals surface area contributed by atoms with Gasteiger partial charge in [0, 0.05) is 22.8 Å². The Morgan fingerprint density at radius 3 is 2.47 bits per heavy atom. The van der Waals surface area contributed by atoms with Crippen molar-refractivity contribution in [2.75, 3.05) is 16.0 Å². The molecule has 4 aromatic rings. The molecule has 2 aromatic carbocycles. The maximum absolute atomic E-state index is 13.7. The number of piperidine rings is 1. The van der Waals surface area contributed by atoms with Crippen molar-refractivity contribution in [2.45, 2.75) is 44.8 Å². The molecule has 5 amide bonds. The van der Waals surface area contributed by atoms with E-state index in [0.717, 1.165) is 24.8 Å². The molecule has 1 saturated heterocycles. The van der Waals surface area contributed by atoms with Crippen LogP contribution in [0.3, 0.4) is 0 Å². The number of nitrogens with two attached hydrogens (primary N) is 1. The molecule has 0 spiro atoms. The number of carbonyl (C=O) groups excluding carboxylic acids is 4. The van der Waals surface area contributed by atoms with E-state index in [1.54, 1.807) is 53.4 Å². The van der Waals surface area contributed by atoms with E-state index < -0.39 is 18.0 Å². The Kier molecular flexibility index (Phi) is 7.45. The maximum atomic E-state index is 13.7. The number of likely N-dealkylation sites (tertiary alicyclic amines) is 1. The number of aromatic nitrogens is 3.